The van der Waals surface area contributed by atoms with Gasteiger partial charge in [0.2, 0.25) is 0 Å². The molecule has 78 valence electrons. The van der Waals surface area contributed by atoms with Crippen molar-refractivity contribution >= 4 is 5.65 Å². The van der Waals surface area contributed by atoms with Gasteiger partial charge in [0.05, 0.1) is 5.69 Å². The summed E-state index contributed by atoms with van der Waals surface area (Å²) in [5.41, 5.74) is 6.98. The molecule has 0 fully saturated rings. The van der Waals surface area contributed by atoms with Gasteiger partial charge in [-0.05, 0) is 26.3 Å². The second-order valence-electron chi connectivity index (χ2n) is 4.17. The maximum atomic E-state index is 4.63. The van der Waals surface area contributed by atoms with Crippen molar-refractivity contribution in [2.75, 3.05) is 0 Å². The van der Waals surface area contributed by atoms with Crippen molar-refractivity contribution in [3.05, 3.63) is 28.2 Å². The van der Waals surface area contributed by atoms with E-state index in [0.717, 1.165) is 30.1 Å². The highest BCUT2D eigenvalue weighted by atomic mass is 15.3. The van der Waals surface area contributed by atoms with Crippen LogP contribution in [0.5, 0.6) is 0 Å². The molecule has 0 spiro atoms. The summed E-state index contributed by atoms with van der Waals surface area (Å²) in [6.07, 6.45) is 0. The highest BCUT2D eigenvalue weighted by Gasteiger charge is 2.20. The van der Waals surface area contributed by atoms with Crippen LogP contribution in [0.25, 0.3) is 5.65 Å². The minimum atomic E-state index is 0.871. The van der Waals surface area contributed by atoms with E-state index in [9.17, 15) is 0 Å². The third kappa shape index (κ3) is 1.05. The van der Waals surface area contributed by atoms with E-state index in [4.69, 9.17) is 0 Å². The quantitative estimate of drug-likeness (QED) is 0.699. The van der Waals surface area contributed by atoms with Crippen LogP contribution in [0.4, 0.5) is 0 Å². The molecule has 0 amide bonds. The summed E-state index contributed by atoms with van der Waals surface area (Å²) in [7, 11) is 0. The van der Waals surface area contributed by atoms with Gasteiger partial charge in [0.15, 0.2) is 5.65 Å². The molecular formula is C11H14N4. The molecule has 3 heterocycles. The van der Waals surface area contributed by atoms with Crippen LogP contribution in [0, 0.1) is 20.8 Å². The molecule has 0 aliphatic carbocycles. The molecule has 0 unspecified atom stereocenters. The topological polar surface area (TPSA) is 42.2 Å². The lowest BCUT2D eigenvalue weighted by molar-refractivity contribution is 0.726. The first-order valence-corrected chi connectivity index (χ1v) is 5.23. The molecule has 15 heavy (non-hydrogen) atoms. The molecule has 0 saturated heterocycles. The Kier molecular flexibility index (Phi) is 1.65. The second kappa shape index (κ2) is 2.79. The highest BCUT2D eigenvalue weighted by molar-refractivity contribution is 5.54. The number of nitrogens with one attached hydrogen (secondary N) is 1. The zero-order chi connectivity index (χ0) is 10.6. The van der Waals surface area contributed by atoms with Gasteiger partial charge in [0.1, 0.15) is 0 Å². The molecule has 1 aliphatic heterocycles. The van der Waals surface area contributed by atoms with Crippen LogP contribution in [0.2, 0.25) is 0 Å². The van der Waals surface area contributed by atoms with Gasteiger partial charge in [-0.1, -0.05) is 0 Å². The first kappa shape index (κ1) is 8.85. The SMILES string of the molecule is Cc1nc2c3c(nn2c(C)c1C)CNC3. The largest absolute Gasteiger partial charge is 0.307 e. The van der Waals surface area contributed by atoms with Gasteiger partial charge in [-0.3, -0.25) is 0 Å². The summed E-state index contributed by atoms with van der Waals surface area (Å²) in [6.45, 7) is 8.03. The lowest BCUT2D eigenvalue weighted by Gasteiger charge is -2.06. The zero-order valence-electron chi connectivity index (χ0n) is 9.26. The number of aryl methyl sites for hydroxylation is 2. The smallest absolute Gasteiger partial charge is 0.160 e. The minimum absolute atomic E-state index is 0.871. The van der Waals surface area contributed by atoms with Crippen LogP contribution >= 0.6 is 0 Å². The number of rotatable bonds is 0. The van der Waals surface area contributed by atoms with Crippen molar-refractivity contribution in [1.82, 2.24) is 19.9 Å². The van der Waals surface area contributed by atoms with Gasteiger partial charge >= 0.3 is 0 Å². The Bertz CT molecular complexity index is 553. The number of hydrogen-bond donors (Lipinski definition) is 1. The van der Waals surface area contributed by atoms with Crippen molar-refractivity contribution in [2.45, 2.75) is 33.9 Å². The van der Waals surface area contributed by atoms with Gasteiger partial charge < -0.3 is 5.32 Å². The highest BCUT2D eigenvalue weighted by Crippen LogP contribution is 2.22. The average molecular weight is 202 g/mol. The van der Waals surface area contributed by atoms with E-state index in [1.165, 1.54) is 16.8 Å². The predicted molar refractivity (Wildman–Crippen MR) is 57.7 cm³/mol. The Morgan fingerprint density at radius 1 is 1.20 bits per heavy atom. The predicted octanol–water partition coefficient (Wildman–Crippen LogP) is 1.26. The fraction of sp³-hybridized carbons (Fsp3) is 0.455. The maximum absolute atomic E-state index is 4.63. The Morgan fingerprint density at radius 3 is 2.80 bits per heavy atom. The van der Waals surface area contributed by atoms with Gasteiger partial charge in [0, 0.05) is 30.0 Å². The van der Waals surface area contributed by atoms with E-state index in [1.54, 1.807) is 0 Å². The maximum Gasteiger partial charge on any atom is 0.160 e. The number of hydrogen-bond acceptors (Lipinski definition) is 3. The van der Waals surface area contributed by atoms with E-state index in [0.29, 0.717) is 0 Å². The van der Waals surface area contributed by atoms with Crippen LogP contribution in [0.3, 0.4) is 0 Å². The van der Waals surface area contributed by atoms with Gasteiger partial charge in [-0.2, -0.15) is 5.10 Å². The van der Waals surface area contributed by atoms with Crippen LogP contribution in [-0.4, -0.2) is 14.6 Å². The van der Waals surface area contributed by atoms with Crippen molar-refractivity contribution in [3.63, 3.8) is 0 Å². The minimum Gasteiger partial charge on any atom is -0.307 e. The molecule has 1 N–H and O–H groups in total. The molecular weight excluding hydrogens is 188 g/mol. The Morgan fingerprint density at radius 2 is 2.00 bits per heavy atom. The Balaban J connectivity index is 2.45. The fourth-order valence-electron chi connectivity index (χ4n) is 2.13. The first-order valence-electron chi connectivity index (χ1n) is 5.23. The van der Waals surface area contributed by atoms with E-state index < -0.39 is 0 Å². The van der Waals surface area contributed by atoms with Crippen molar-refractivity contribution in [2.24, 2.45) is 0 Å². The monoisotopic (exact) mass is 202 g/mol. The number of nitrogens with zero attached hydrogens (tertiary/aromatic N) is 3. The van der Waals surface area contributed by atoms with Gasteiger partial charge in [-0.15, -0.1) is 0 Å². The molecule has 0 bridgehead atoms. The Labute approximate surface area is 88.3 Å². The Hall–Kier alpha value is -1.42. The molecule has 1 aliphatic rings. The van der Waals surface area contributed by atoms with Crippen LogP contribution in [-0.2, 0) is 13.1 Å². The summed E-state index contributed by atoms with van der Waals surface area (Å²) >= 11 is 0. The average Bonchev–Trinajstić information content (AvgIpc) is 2.76. The van der Waals surface area contributed by atoms with Crippen LogP contribution in [0.15, 0.2) is 0 Å². The lowest BCUT2D eigenvalue weighted by atomic mass is 10.2. The molecule has 0 aromatic carbocycles. The third-order valence-corrected chi connectivity index (χ3v) is 3.31. The van der Waals surface area contributed by atoms with Gasteiger partial charge in [0.25, 0.3) is 0 Å². The van der Waals surface area contributed by atoms with E-state index in [2.05, 4.69) is 36.2 Å². The van der Waals surface area contributed by atoms with E-state index in [-0.39, 0.29) is 0 Å². The zero-order valence-corrected chi connectivity index (χ0v) is 9.26. The molecule has 4 nitrogen and oxygen atoms in total. The van der Waals surface area contributed by atoms with Crippen molar-refractivity contribution in [3.8, 4) is 0 Å². The molecule has 2 aromatic rings. The molecule has 0 atom stereocenters. The number of fused-ring (bicyclic) bond motifs is 3. The normalized spacial score (nSPS) is 14.9. The molecule has 3 rings (SSSR count). The number of aromatic nitrogens is 3. The van der Waals surface area contributed by atoms with Crippen LogP contribution < -0.4 is 5.32 Å². The standard InChI is InChI=1S/C11H14N4/c1-6-7(2)13-11-9-4-12-5-10(9)14-15(11)8(6)3/h12H,4-5H2,1-3H3. The summed E-state index contributed by atoms with van der Waals surface area (Å²) in [4.78, 5) is 4.63. The molecule has 0 saturated carbocycles. The summed E-state index contributed by atoms with van der Waals surface area (Å²) in [6, 6.07) is 0. The van der Waals surface area contributed by atoms with E-state index in [1.807, 2.05) is 4.52 Å². The molecule has 4 heteroatoms. The summed E-state index contributed by atoms with van der Waals surface area (Å²) < 4.78 is 1.98. The third-order valence-electron chi connectivity index (χ3n) is 3.31. The molecule has 2 aromatic heterocycles. The fourth-order valence-corrected chi connectivity index (χ4v) is 2.13. The van der Waals surface area contributed by atoms with Crippen LogP contribution in [0.1, 0.15) is 28.2 Å². The second-order valence-corrected chi connectivity index (χ2v) is 4.17. The lowest BCUT2D eigenvalue weighted by Crippen LogP contribution is -2.07. The van der Waals surface area contributed by atoms with Crippen molar-refractivity contribution < 1.29 is 0 Å². The summed E-state index contributed by atoms with van der Waals surface area (Å²) in [5.74, 6) is 0. The van der Waals surface area contributed by atoms with Gasteiger partial charge in [-0.25, -0.2) is 9.50 Å². The summed E-state index contributed by atoms with van der Waals surface area (Å²) in [5, 5.41) is 7.88. The van der Waals surface area contributed by atoms with Crippen molar-refractivity contribution in [1.29, 1.82) is 0 Å². The van der Waals surface area contributed by atoms with E-state index >= 15 is 0 Å². The molecule has 0 radical (unpaired) electrons. The first-order chi connectivity index (χ1) is 7.18.